The lowest BCUT2D eigenvalue weighted by molar-refractivity contribution is -0.120. The second-order valence-corrected chi connectivity index (χ2v) is 6.51. The summed E-state index contributed by atoms with van der Waals surface area (Å²) in [5.74, 6) is -0.00276. The molecular weight excluding hydrogens is 332 g/mol. The van der Waals surface area contributed by atoms with Crippen LogP contribution in [-0.2, 0) is 11.2 Å². The monoisotopic (exact) mass is 352 g/mol. The van der Waals surface area contributed by atoms with Crippen LogP contribution in [0.25, 0.3) is 10.8 Å². The first kappa shape index (κ1) is 17.0. The van der Waals surface area contributed by atoms with Crippen molar-refractivity contribution in [2.75, 3.05) is 0 Å². The minimum Gasteiger partial charge on any atom is -0.345 e. The number of aromatic nitrogens is 1. The third-order valence-corrected chi connectivity index (χ3v) is 4.71. The van der Waals surface area contributed by atoms with Gasteiger partial charge in [0.15, 0.2) is 0 Å². The lowest BCUT2D eigenvalue weighted by atomic mass is 9.98. The highest BCUT2D eigenvalue weighted by Gasteiger charge is 2.17. The van der Waals surface area contributed by atoms with Gasteiger partial charge in [0.1, 0.15) is 0 Å². The largest absolute Gasteiger partial charge is 0.345 e. The van der Waals surface area contributed by atoms with Gasteiger partial charge in [0.05, 0.1) is 12.5 Å². The van der Waals surface area contributed by atoms with E-state index in [9.17, 15) is 4.79 Å². The fourth-order valence-corrected chi connectivity index (χ4v) is 3.39. The van der Waals surface area contributed by atoms with Crippen LogP contribution in [0.15, 0.2) is 97.3 Å². The topological polar surface area (TPSA) is 42.0 Å². The summed E-state index contributed by atoms with van der Waals surface area (Å²) >= 11 is 0. The van der Waals surface area contributed by atoms with E-state index in [1.165, 1.54) is 0 Å². The maximum absolute atomic E-state index is 12.9. The summed E-state index contributed by atoms with van der Waals surface area (Å²) in [5.41, 5.74) is 3.10. The molecule has 0 aliphatic carbocycles. The summed E-state index contributed by atoms with van der Waals surface area (Å²) in [7, 11) is 0. The molecule has 1 unspecified atom stereocenters. The lowest BCUT2D eigenvalue weighted by Crippen LogP contribution is -2.30. The summed E-state index contributed by atoms with van der Waals surface area (Å²) in [6.45, 7) is 0. The molecule has 0 saturated carbocycles. The Morgan fingerprint density at radius 3 is 2.26 bits per heavy atom. The Morgan fingerprint density at radius 1 is 0.778 bits per heavy atom. The van der Waals surface area contributed by atoms with Crippen LogP contribution in [0.1, 0.15) is 22.7 Å². The maximum Gasteiger partial charge on any atom is 0.225 e. The van der Waals surface area contributed by atoms with Crippen molar-refractivity contribution in [2.24, 2.45) is 0 Å². The van der Waals surface area contributed by atoms with Crippen molar-refractivity contribution in [3.05, 3.63) is 114 Å². The Bertz CT molecular complexity index is 1000. The van der Waals surface area contributed by atoms with Crippen molar-refractivity contribution in [1.82, 2.24) is 10.3 Å². The van der Waals surface area contributed by atoms with E-state index in [1.807, 2.05) is 66.7 Å². The first-order chi connectivity index (χ1) is 13.3. The molecule has 1 N–H and O–H groups in total. The van der Waals surface area contributed by atoms with E-state index in [1.54, 1.807) is 12.4 Å². The number of pyridine rings is 1. The molecule has 1 atom stereocenters. The molecule has 0 saturated heterocycles. The van der Waals surface area contributed by atoms with Crippen molar-refractivity contribution >= 4 is 16.7 Å². The van der Waals surface area contributed by atoms with Gasteiger partial charge in [-0.15, -0.1) is 0 Å². The van der Waals surface area contributed by atoms with Crippen LogP contribution in [0.2, 0.25) is 0 Å². The number of rotatable bonds is 5. The molecule has 4 aromatic rings. The van der Waals surface area contributed by atoms with Crippen LogP contribution in [0.4, 0.5) is 0 Å². The van der Waals surface area contributed by atoms with E-state index < -0.39 is 0 Å². The van der Waals surface area contributed by atoms with Crippen LogP contribution in [0.5, 0.6) is 0 Å². The second-order valence-electron chi connectivity index (χ2n) is 6.51. The van der Waals surface area contributed by atoms with Crippen molar-refractivity contribution < 1.29 is 4.79 Å². The van der Waals surface area contributed by atoms with Gasteiger partial charge in [0, 0.05) is 12.4 Å². The fourth-order valence-electron chi connectivity index (χ4n) is 3.39. The highest BCUT2D eigenvalue weighted by Crippen LogP contribution is 2.23. The van der Waals surface area contributed by atoms with Gasteiger partial charge in [-0.25, -0.2) is 0 Å². The molecule has 0 fully saturated rings. The molecule has 3 aromatic carbocycles. The smallest absolute Gasteiger partial charge is 0.225 e. The second kappa shape index (κ2) is 7.83. The van der Waals surface area contributed by atoms with Gasteiger partial charge in [-0.05, 0) is 39.6 Å². The molecule has 4 rings (SSSR count). The molecule has 3 heteroatoms. The van der Waals surface area contributed by atoms with Crippen molar-refractivity contribution in [1.29, 1.82) is 0 Å². The number of benzene rings is 3. The van der Waals surface area contributed by atoms with E-state index in [0.717, 1.165) is 27.5 Å². The number of fused-ring (bicyclic) bond motifs is 1. The Balaban J connectivity index is 1.60. The Morgan fingerprint density at radius 2 is 1.44 bits per heavy atom. The summed E-state index contributed by atoms with van der Waals surface area (Å²) < 4.78 is 0. The van der Waals surface area contributed by atoms with Crippen LogP contribution >= 0.6 is 0 Å². The SMILES string of the molecule is O=C(Cc1cccc2ccccc12)NC(c1ccccc1)c1ccncc1. The predicted molar refractivity (Wildman–Crippen MR) is 108 cm³/mol. The molecule has 0 aliphatic rings. The van der Waals surface area contributed by atoms with Crippen LogP contribution < -0.4 is 5.32 Å². The molecule has 27 heavy (non-hydrogen) atoms. The Hall–Kier alpha value is -3.46. The quantitative estimate of drug-likeness (QED) is 0.566. The van der Waals surface area contributed by atoms with Crippen molar-refractivity contribution in [3.63, 3.8) is 0 Å². The number of amides is 1. The van der Waals surface area contributed by atoms with Crippen LogP contribution in [-0.4, -0.2) is 10.9 Å². The highest BCUT2D eigenvalue weighted by atomic mass is 16.1. The highest BCUT2D eigenvalue weighted by molar-refractivity contribution is 5.90. The lowest BCUT2D eigenvalue weighted by Gasteiger charge is -2.20. The molecule has 0 spiro atoms. The van der Waals surface area contributed by atoms with Crippen LogP contribution in [0.3, 0.4) is 0 Å². The molecule has 1 heterocycles. The number of carbonyl (C=O) groups is 1. The van der Waals surface area contributed by atoms with E-state index >= 15 is 0 Å². The number of hydrogen-bond donors (Lipinski definition) is 1. The van der Waals surface area contributed by atoms with E-state index in [2.05, 4.69) is 28.5 Å². The Labute approximate surface area is 158 Å². The molecule has 1 aromatic heterocycles. The minimum atomic E-state index is -0.198. The van der Waals surface area contributed by atoms with Crippen molar-refractivity contribution in [2.45, 2.75) is 12.5 Å². The zero-order chi connectivity index (χ0) is 18.5. The standard InChI is InChI=1S/C24H20N2O/c27-23(17-21-11-6-10-18-7-4-5-12-22(18)21)26-24(19-8-2-1-3-9-19)20-13-15-25-16-14-20/h1-16,24H,17H2,(H,26,27). The van der Waals surface area contributed by atoms with Crippen LogP contribution in [0, 0.1) is 0 Å². The predicted octanol–water partition coefficient (Wildman–Crippen LogP) is 4.68. The third-order valence-electron chi connectivity index (χ3n) is 4.71. The normalized spacial score (nSPS) is 11.9. The first-order valence-corrected chi connectivity index (χ1v) is 9.02. The Kier molecular flexibility index (Phi) is 4.93. The summed E-state index contributed by atoms with van der Waals surface area (Å²) in [6.07, 6.45) is 3.85. The molecule has 0 aliphatic heterocycles. The summed E-state index contributed by atoms with van der Waals surface area (Å²) in [5, 5.41) is 5.47. The van der Waals surface area contributed by atoms with E-state index in [-0.39, 0.29) is 11.9 Å². The van der Waals surface area contributed by atoms with E-state index in [0.29, 0.717) is 6.42 Å². The number of carbonyl (C=O) groups excluding carboxylic acids is 1. The van der Waals surface area contributed by atoms with Gasteiger partial charge in [-0.1, -0.05) is 72.8 Å². The van der Waals surface area contributed by atoms with E-state index in [4.69, 9.17) is 0 Å². The third kappa shape index (κ3) is 3.87. The first-order valence-electron chi connectivity index (χ1n) is 9.02. The molecule has 1 amide bonds. The van der Waals surface area contributed by atoms with Gasteiger partial charge in [-0.3, -0.25) is 9.78 Å². The van der Waals surface area contributed by atoms with Gasteiger partial charge >= 0.3 is 0 Å². The number of nitrogens with zero attached hydrogens (tertiary/aromatic N) is 1. The number of hydrogen-bond acceptors (Lipinski definition) is 2. The molecule has 0 bridgehead atoms. The van der Waals surface area contributed by atoms with Gasteiger partial charge in [0.25, 0.3) is 0 Å². The average Bonchev–Trinajstić information content (AvgIpc) is 2.73. The maximum atomic E-state index is 12.9. The minimum absolute atomic E-state index is 0.00276. The average molecular weight is 352 g/mol. The number of nitrogens with one attached hydrogen (secondary N) is 1. The molecule has 0 radical (unpaired) electrons. The van der Waals surface area contributed by atoms with Gasteiger partial charge in [-0.2, -0.15) is 0 Å². The van der Waals surface area contributed by atoms with Gasteiger partial charge in [0.2, 0.25) is 5.91 Å². The molecule has 3 nitrogen and oxygen atoms in total. The zero-order valence-electron chi connectivity index (χ0n) is 14.9. The fraction of sp³-hybridized carbons (Fsp3) is 0.0833. The summed E-state index contributed by atoms with van der Waals surface area (Å²) in [6, 6.07) is 27.9. The molecule has 132 valence electrons. The zero-order valence-corrected chi connectivity index (χ0v) is 14.9. The molecular formula is C24H20N2O. The summed E-state index contributed by atoms with van der Waals surface area (Å²) in [4.78, 5) is 17.0. The van der Waals surface area contributed by atoms with Gasteiger partial charge < -0.3 is 5.32 Å². The van der Waals surface area contributed by atoms with Crippen molar-refractivity contribution in [3.8, 4) is 0 Å².